The van der Waals surface area contributed by atoms with E-state index in [2.05, 4.69) is 10.6 Å². The summed E-state index contributed by atoms with van der Waals surface area (Å²) in [5, 5.41) is 12.4. The molecule has 12 heteroatoms. The van der Waals surface area contributed by atoms with Crippen LogP contribution < -0.4 is 10.5 Å². The minimum atomic E-state index is -4.26. The summed E-state index contributed by atoms with van der Waals surface area (Å²) >= 11 is 6.44. The predicted octanol–water partition coefficient (Wildman–Crippen LogP) is 2.80. The van der Waals surface area contributed by atoms with Crippen LogP contribution in [0.4, 0.5) is 5.69 Å². The number of benzene rings is 1. The van der Waals surface area contributed by atoms with Crippen LogP contribution in [-0.2, 0) is 21.3 Å². The van der Waals surface area contributed by atoms with Crippen molar-refractivity contribution < 1.29 is 22.4 Å². The molecule has 1 saturated heterocycles. The summed E-state index contributed by atoms with van der Waals surface area (Å²) in [5.74, 6) is -0.228. The first kappa shape index (κ1) is 21.1. The molecule has 10 nitrogen and oxygen atoms in total. The first-order valence-electron chi connectivity index (χ1n) is 8.61. The highest BCUT2D eigenvalue weighted by atomic mass is 35.5. The molecule has 2 aromatic rings. The average Bonchev–Trinajstić information content (AvgIpc) is 3.36. The van der Waals surface area contributed by atoms with Gasteiger partial charge in [0.1, 0.15) is 10.7 Å². The van der Waals surface area contributed by atoms with Gasteiger partial charge in [-0.3, -0.25) is 5.01 Å². The molecule has 0 aliphatic carbocycles. The molecule has 1 fully saturated rings. The van der Waals surface area contributed by atoms with E-state index in [0.717, 1.165) is 6.07 Å². The standard InChI is InChI=1S/C17H19ClN4O6S/c1-27-17(23)11-8-13(29(19,25)26)15(18)14(12-5-2-6-22(12)21-24)16(11)20-9-10-4-3-7-28-10/h3-4,7-8,12,20H,2,5-6,9H2,1H3,(H2,19,25,26)/t12-/m1/s1. The Morgan fingerprint density at radius 3 is 2.86 bits per heavy atom. The van der Waals surface area contributed by atoms with Gasteiger partial charge in [0.15, 0.2) is 0 Å². The topological polar surface area (TPSA) is 144 Å². The van der Waals surface area contributed by atoms with Crippen molar-refractivity contribution in [3.05, 3.63) is 51.3 Å². The molecule has 0 amide bonds. The number of esters is 1. The van der Waals surface area contributed by atoms with Crippen molar-refractivity contribution >= 4 is 33.3 Å². The quantitative estimate of drug-likeness (QED) is 0.491. The second-order valence-corrected chi connectivity index (χ2v) is 8.30. The van der Waals surface area contributed by atoms with Crippen molar-refractivity contribution in [2.75, 3.05) is 19.0 Å². The lowest BCUT2D eigenvalue weighted by molar-refractivity contribution is 0.0601. The van der Waals surface area contributed by atoms with E-state index in [1.807, 2.05) is 0 Å². The van der Waals surface area contributed by atoms with Crippen molar-refractivity contribution in [3.8, 4) is 0 Å². The minimum absolute atomic E-state index is 0.0831. The Morgan fingerprint density at radius 1 is 1.52 bits per heavy atom. The number of nitroso groups, excluding NO2 is 1. The average molecular weight is 443 g/mol. The Balaban J connectivity index is 2.24. The molecule has 1 atom stereocenters. The van der Waals surface area contributed by atoms with Gasteiger partial charge in [-0.15, -0.1) is 4.91 Å². The van der Waals surface area contributed by atoms with Crippen LogP contribution in [0.1, 0.15) is 40.6 Å². The first-order valence-corrected chi connectivity index (χ1v) is 10.5. The van der Waals surface area contributed by atoms with Crippen LogP contribution in [0.2, 0.25) is 5.02 Å². The van der Waals surface area contributed by atoms with E-state index in [1.165, 1.54) is 18.4 Å². The van der Waals surface area contributed by atoms with E-state index in [0.29, 0.717) is 25.1 Å². The van der Waals surface area contributed by atoms with E-state index in [-0.39, 0.29) is 28.4 Å². The van der Waals surface area contributed by atoms with Crippen LogP contribution in [0.5, 0.6) is 0 Å². The van der Waals surface area contributed by atoms with Crippen LogP contribution in [0, 0.1) is 4.91 Å². The van der Waals surface area contributed by atoms with Crippen LogP contribution in [0.3, 0.4) is 0 Å². The Hall–Kier alpha value is -2.63. The third-order valence-corrected chi connectivity index (χ3v) is 6.12. The van der Waals surface area contributed by atoms with Crippen LogP contribution in [0.25, 0.3) is 0 Å². The van der Waals surface area contributed by atoms with Gasteiger partial charge >= 0.3 is 5.97 Å². The van der Waals surface area contributed by atoms with Gasteiger partial charge in [0.25, 0.3) is 0 Å². The lowest BCUT2D eigenvalue weighted by Crippen LogP contribution is -2.22. The maximum absolute atomic E-state index is 12.4. The maximum Gasteiger partial charge on any atom is 0.340 e. The molecule has 1 aliphatic heterocycles. The van der Waals surface area contributed by atoms with Gasteiger partial charge in [-0.2, -0.15) is 0 Å². The van der Waals surface area contributed by atoms with Gasteiger partial charge in [0.05, 0.1) is 47.5 Å². The highest BCUT2D eigenvalue weighted by Crippen LogP contribution is 2.44. The second kappa shape index (κ2) is 8.39. The second-order valence-electron chi connectivity index (χ2n) is 6.40. The smallest absolute Gasteiger partial charge is 0.340 e. The highest BCUT2D eigenvalue weighted by molar-refractivity contribution is 7.89. The zero-order chi connectivity index (χ0) is 21.2. The number of sulfonamides is 1. The normalized spacial score (nSPS) is 16.7. The number of hydrogen-bond donors (Lipinski definition) is 2. The lowest BCUT2D eigenvalue weighted by Gasteiger charge is -2.25. The summed E-state index contributed by atoms with van der Waals surface area (Å²) in [6.07, 6.45) is 2.61. The molecule has 3 N–H and O–H groups in total. The summed E-state index contributed by atoms with van der Waals surface area (Å²) in [6.45, 7) is 0.547. The first-order chi connectivity index (χ1) is 13.8. The minimum Gasteiger partial charge on any atom is -0.467 e. The molecule has 1 aliphatic rings. The van der Waals surface area contributed by atoms with E-state index < -0.39 is 26.9 Å². The summed E-state index contributed by atoms with van der Waals surface area (Å²) in [4.78, 5) is 23.3. The third-order valence-electron chi connectivity index (χ3n) is 4.66. The predicted molar refractivity (Wildman–Crippen MR) is 105 cm³/mol. The number of carbonyl (C=O) groups excluding carboxylic acids is 1. The number of methoxy groups -OCH3 is 1. The molecule has 3 rings (SSSR count). The Morgan fingerprint density at radius 2 is 2.28 bits per heavy atom. The third kappa shape index (κ3) is 4.21. The van der Waals surface area contributed by atoms with Gasteiger partial charge in [-0.05, 0) is 31.0 Å². The SMILES string of the molecule is COC(=O)c1cc(S(N)(=O)=O)c(Cl)c([C@H]2CCCN2N=O)c1NCc1ccco1. The molecule has 0 saturated carbocycles. The summed E-state index contributed by atoms with van der Waals surface area (Å²) in [6, 6.07) is 3.85. The van der Waals surface area contributed by atoms with E-state index in [9.17, 15) is 18.1 Å². The van der Waals surface area contributed by atoms with Gasteiger partial charge in [-0.1, -0.05) is 11.6 Å². The van der Waals surface area contributed by atoms with E-state index in [1.54, 1.807) is 12.1 Å². The van der Waals surface area contributed by atoms with Crippen molar-refractivity contribution in [2.45, 2.75) is 30.3 Å². The number of hydrogen-bond acceptors (Lipinski definition) is 8. The number of nitrogens with one attached hydrogen (secondary N) is 1. The van der Waals surface area contributed by atoms with Crippen molar-refractivity contribution in [3.63, 3.8) is 0 Å². The Labute approximate surface area is 171 Å². The fourth-order valence-corrected chi connectivity index (χ4v) is 4.61. The molecule has 156 valence electrons. The van der Waals surface area contributed by atoms with Gasteiger partial charge in [0, 0.05) is 12.1 Å². The largest absolute Gasteiger partial charge is 0.467 e. The molecule has 1 aromatic heterocycles. The Bertz CT molecular complexity index is 1030. The number of furan rings is 1. The number of carbonyl (C=O) groups is 1. The number of anilines is 1. The summed E-state index contributed by atoms with van der Waals surface area (Å²) in [5.41, 5.74) is 0.383. The molecule has 1 aromatic carbocycles. The van der Waals surface area contributed by atoms with Crippen LogP contribution in [0.15, 0.2) is 39.1 Å². The Kier molecular flexibility index (Phi) is 6.10. The molecular formula is C17H19ClN4O6S. The lowest BCUT2D eigenvalue weighted by atomic mass is 9.98. The molecule has 29 heavy (non-hydrogen) atoms. The summed E-state index contributed by atoms with van der Waals surface area (Å²) in [7, 11) is -3.10. The number of nitrogens with zero attached hydrogens (tertiary/aromatic N) is 2. The van der Waals surface area contributed by atoms with Crippen molar-refractivity contribution in [1.82, 2.24) is 5.01 Å². The number of rotatable bonds is 7. The molecule has 2 heterocycles. The maximum atomic E-state index is 12.4. The van der Waals surface area contributed by atoms with Crippen molar-refractivity contribution in [1.29, 1.82) is 0 Å². The summed E-state index contributed by atoms with van der Waals surface area (Å²) < 4.78 is 34.3. The molecule has 0 unspecified atom stereocenters. The van der Waals surface area contributed by atoms with E-state index >= 15 is 0 Å². The molecular weight excluding hydrogens is 424 g/mol. The zero-order valence-corrected chi connectivity index (χ0v) is 17.0. The monoisotopic (exact) mass is 442 g/mol. The van der Waals surface area contributed by atoms with Gasteiger partial charge < -0.3 is 14.5 Å². The van der Waals surface area contributed by atoms with Crippen LogP contribution >= 0.6 is 11.6 Å². The number of ether oxygens (including phenoxy) is 1. The fourth-order valence-electron chi connectivity index (χ4n) is 3.37. The van der Waals surface area contributed by atoms with Crippen LogP contribution in [-0.4, -0.2) is 33.1 Å². The number of primary sulfonamides is 1. The van der Waals surface area contributed by atoms with Gasteiger partial charge in [-0.25, -0.2) is 18.4 Å². The van der Waals surface area contributed by atoms with Gasteiger partial charge in [0.2, 0.25) is 10.0 Å². The van der Waals surface area contributed by atoms with E-state index in [4.69, 9.17) is 25.9 Å². The molecule has 0 bridgehead atoms. The highest BCUT2D eigenvalue weighted by Gasteiger charge is 2.35. The fraction of sp³-hybridized carbons (Fsp3) is 0.353. The zero-order valence-electron chi connectivity index (χ0n) is 15.4. The number of halogens is 1. The number of nitrogens with two attached hydrogens (primary N) is 1. The van der Waals surface area contributed by atoms with Crippen molar-refractivity contribution in [2.24, 2.45) is 10.4 Å². The molecule has 0 spiro atoms. The molecule has 0 radical (unpaired) electrons.